The Balaban J connectivity index is 2.39. The van der Waals surface area contributed by atoms with Crippen molar-refractivity contribution in [2.75, 3.05) is 0 Å². The summed E-state index contributed by atoms with van der Waals surface area (Å²) in [5.74, 6) is 0. The lowest BCUT2D eigenvalue weighted by atomic mass is 10.1. The molecule has 0 fully saturated rings. The van der Waals surface area contributed by atoms with Crippen LogP contribution in [0, 0.1) is 0 Å². The molecule has 0 spiro atoms. The van der Waals surface area contributed by atoms with Gasteiger partial charge < -0.3 is 0 Å². The molecule has 1 atom stereocenters. The van der Waals surface area contributed by atoms with Crippen molar-refractivity contribution in [3.8, 4) is 0 Å². The number of alkyl halides is 1. The second-order valence-electron chi connectivity index (χ2n) is 4.67. The van der Waals surface area contributed by atoms with Crippen LogP contribution in [0.15, 0.2) is 6.20 Å². The smallest absolute Gasteiger partial charge is 0.104 e. The van der Waals surface area contributed by atoms with Crippen LogP contribution in [0.4, 0.5) is 0 Å². The second-order valence-corrected chi connectivity index (χ2v) is 5.33. The molecule has 2 rings (SSSR count). The van der Waals surface area contributed by atoms with E-state index in [1.807, 2.05) is 24.9 Å². The quantitative estimate of drug-likeness (QED) is 0.791. The fourth-order valence-electron chi connectivity index (χ4n) is 2.41. The van der Waals surface area contributed by atoms with E-state index in [4.69, 9.17) is 11.6 Å². The van der Waals surface area contributed by atoms with Gasteiger partial charge in [0.05, 0.1) is 17.6 Å². The van der Waals surface area contributed by atoms with E-state index in [1.54, 1.807) is 4.68 Å². The third-order valence-electron chi connectivity index (χ3n) is 3.20. The molecule has 0 aliphatic heterocycles. The average molecular weight is 282 g/mol. The van der Waals surface area contributed by atoms with Gasteiger partial charge in [-0.3, -0.25) is 9.36 Å². The lowest BCUT2D eigenvalue weighted by Crippen LogP contribution is -2.07. The first-order valence-electron chi connectivity index (χ1n) is 6.64. The zero-order valence-corrected chi connectivity index (χ0v) is 12.6. The molecular formula is C13H20ClN5. The van der Waals surface area contributed by atoms with Crippen LogP contribution in [0.3, 0.4) is 0 Å². The first kappa shape index (κ1) is 14.1. The van der Waals surface area contributed by atoms with E-state index >= 15 is 0 Å². The summed E-state index contributed by atoms with van der Waals surface area (Å²) in [6.45, 7) is 6.89. The predicted octanol–water partition coefficient (Wildman–Crippen LogP) is 2.48. The number of hydrogen-bond donors (Lipinski definition) is 0. The maximum atomic E-state index is 6.31. The maximum Gasteiger partial charge on any atom is 0.104 e. The summed E-state index contributed by atoms with van der Waals surface area (Å²) in [6.07, 6.45) is 3.73. The first-order chi connectivity index (χ1) is 9.06. The zero-order valence-electron chi connectivity index (χ0n) is 11.9. The molecule has 0 saturated heterocycles. The maximum absolute atomic E-state index is 6.31. The molecule has 2 heterocycles. The van der Waals surface area contributed by atoms with Gasteiger partial charge in [0.15, 0.2) is 0 Å². The summed E-state index contributed by atoms with van der Waals surface area (Å²) in [6, 6.07) is 0. The van der Waals surface area contributed by atoms with Crippen molar-refractivity contribution < 1.29 is 0 Å². The number of aryl methyl sites for hydroxylation is 2. The summed E-state index contributed by atoms with van der Waals surface area (Å²) < 4.78 is 3.72. The van der Waals surface area contributed by atoms with Gasteiger partial charge in [-0.15, -0.1) is 16.7 Å². The Morgan fingerprint density at radius 3 is 2.53 bits per heavy atom. The number of rotatable bonds is 5. The molecule has 5 nitrogen and oxygen atoms in total. The van der Waals surface area contributed by atoms with Crippen LogP contribution in [-0.4, -0.2) is 24.8 Å². The van der Waals surface area contributed by atoms with Gasteiger partial charge in [-0.25, -0.2) is 0 Å². The van der Waals surface area contributed by atoms with Gasteiger partial charge in [0.2, 0.25) is 0 Å². The highest BCUT2D eigenvalue weighted by atomic mass is 35.5. The average Bonchev–Trinajstić information content (AvgIpc) is 2.93. The third-order valence-corrected chi connectivity index (χ3v) is 3.42. The molecule has 104 valence electrons. The van der Waals surface area contributed by atoms with Gasteiger partial charge in [-0.05, 0) is 19.8 Å². The summed E-state index contributed by atoms with van der Waals surface area (Å²) >= 11 is 6.31. The van der Waals surface area contributed by atoms with Crippen LogP contribution in [0.25, 0.3) is 0 Å². The molecule has 6 heteroatoms. The Morgan fingerprint density at radius 2 is 2.05 bits per heavy atom. The molecular weight excluding hydrogens is 262 g/mol. The van der Waals surface area contributed by atoms with E-state index in [-0.39, 0.29) is 5.38 Å². The van der Waals surface area contributed by atoms with E-state index in [0.717, 1.165) is 24.2 Å². The monoisotopic (exact) mass is 281 g/mol. The van der Waals surface area contributed by atoms with Crippen molar-refractivity contribution >= 4 is 11.6 Å². The molecule has 0 radical (unpaired) electrons. The number of nitrogens with zero attached hydrogens (tertiary/aromatic N) is 5. The number of hydrogen-bond acceptors (Lipinski definition) is 3. The van der Waals surface area contributed by atoms with Gasteiger partial charge in [0, 0.05) is 24.5 Å². The Morgan fingerprint density at radius 1 is 1.32 bits per heavy atom. The molecule has 1 unspecified atom stereocenters. The van der Waals surface area contributed by atoms with E-state index in [2.05, 4.69) is 29.3 Å². The van der Waals surface area contributed by atoms with Gasteiger partial charge in [-0.2, -0.15) is 5.10 Å². The van der Waals surface area contributed by atoms with Crippen molar-refractivity contribution in [1.82, 2.24) is 24.8 Å². The standard InChI is InChI=1S/C13H20ClN5/c1-5-11-13(9(3)14)12(6-2)19(16-11)8-10-7-18(4)17-15-10/h7,9H,5-6,8H2,1-4H3. The summed E-state index contributed by atoms with van der Waals surface area (Å²) in [7, 11) is 1.87. The van der Waals surface area contributed by atoms with Gasteiger partial charge in [0.1, 0.15) is 5.69 Å². The van der Waals surface area contributed by atoms with Crippen LogP contribution in [0.5, 0.6) is 0 Å². The minimum absolute atomic E-state index is 0.0134. The first-order valence-corrected chi connectivity index (χ1v) is 7.08. The molecule has 0 saturated carbocycles. The fraction of sp³-hybridized carbons (Fsp3) is 0.615. The zero-order chi connectivity index (χ0) is 14.0. The lowest BCUT2D eigenvalue weighted by molar-refractivity contribution is 0.626. The van der Waals surface area contributed by atoms with E-state index < -0.39 is 0 Å². The predicted molar refractivity (Wildman–Crippen MR) is 75.4 cm³/mol. The highest BCUT2D eigenvalue weighted by Crippen LogP contribution is 2.28. The van der Waals surface area contributed by atoms with E-state index in [9.17, 15) is 0 Å². The van der Waals surface area contributed by atoms with Crippen LogP contribution >= 0.6 is 11.6 Å². The minimum atomic E-state index is -0.0134. The van der Waals surface area contributed by atoms with E-state index in [1.165, 1.54) is 11.3 Å². The van der Waals surface area contributed by atoms with Crippen LogP contribution in [0.2, 0.25) is 0 Å². The largest absolute Gasteiger partial charge is 0.263 e. The van der Waals surface area contributed by atoms with Crippen molar-refractivity contribution in [2.24, 2.45) is 7.05 Å². The van der Waals surface area contributed by atoms with E-state index in [0.29, 0.717) is 6.54 Å². The molecule has 2 aromatic heterocycles. The fourth-order valence-corrected chi connectivity index (χ4v) is 2.66. The van der Waals surface area contributed by atoms with Crippen molar-refractivity contribution in [1.29, 1.82) is 0 Å². The van der Waals surface area contributed by atoms with Crippen molar-refractivity contribution in [2.45, 2.75) is 45.5 Å². The lowest BCUT2D eigenvalue weighted by Gasteiger charge is -2.08. The Bertz CT molecular complexity index is 555. The van der Waals surface area contributed by atoms with Crippen LogP contribution in [-0.2, 0) is 26.4 Å². The number of aromatic nitrogens is 5. The highest BCUT2D eigenvalue weighted by molar-refractivity contribution is 6.20. The third kappa shape index (κ3) is 2.81. The molecule has 0 N–H and O–H groups in total. The summed E-state index contributed by atoms with van der Waals surface area (Å²) in [4.78, 5) is 0. The van der Waals surface area contributed by atoms with Crippen molar-refractivity contribution in [3.63, 3.8) is 0 Å². The Hall–Kier alpha value is -1.36. The topological polar surface area (TPSA) is 48.5 Å². The minimum Gasteiger partial charge on any atom is -0.263 e. The summed E-state index contributed by atoms with van der Waals surface area (Å²) in [5, 5.41) is 12.7. The second kappa shape index (κ2) is 5.74. The Kier molecular flexibility index (Phi) is 4.24. The summed E-state index contributed by atoms with van der Waals surface area (Å²) in [5.41, 5.74) is 4.37. The van der Waals surface area contributed by atoms with Crippen LogP contribution < -0.4 is 0 Å². The van der Waals surface area contributed by atoms with Crippen molar-refractivity contribution in [3.05, 3.63) is 28.8 Å². The molecule has 0 aliphatic rings. The molecule has 0 amide bonds. The molecule has 0 aliphatic carbocycles. The highest BCUT2D eigenvalue weighted by Gasteiger charge is 2.19. The number of halogens is 1. The van der Waals surface area contributed by atoms with Gasteiger partial charge >= 0.3 is 0 Å². The molecule has 2 aromatic rings. The molecule has 19 heavy (non-hydrogen) atoms. The van der Waals surface area contributed by atoms with Gasteiger partial charge in [0.25, 0.3) is 0 Å². The van der Waals surface area contributed by atoms with Gasteiger partial charge in [-0.1, -0.05) is 19.1 Å². The molecule has 0 bridgehead atoms. The normalized spacial score (nSPS) is 12.9. The Labute approximate surface area is 118 Å². The SMILES string of the molecule is CCc1nn(Cc2cn(C)nn2)c(CC)c1C(C)Cl. The molecule has 0 aromatic carbocycles. The van der Waals surface area contributed by atoms with Crippen LogP contribution in [0.1, 0.15) is 48.8 Å².